The first-order chi connectivity index (χ1) is 15.2. The Morgan fingerprint density at radius 1 is 0.935 bits per heavy atom. The van der Waals surface area contributed by atoms with Crippen LogP contribution in [0.5, 0.6) is 0 Å². The predicted molar refractivity (Wildman–Crippen MR) is 140 cm³/mol. The number of unbranched alkanes of at least 4 members (excludes halogenated alkanes) is 8. The number of hydrogen-bond donors (Lipinski definition) is 0. The van der Waals surface area contributed by atoms with Gasteiger partial charge in [-0.3, -0.25) is 0 Å². The van der Waals surface area contributed by atoms with Crippen molar-refractivity contribution >= 4 is 0 Å². The lowest BCUT2D eigenvalue weighted by Gasteiger charge is -2.27. The molecule has 0 aromatic heterocycles. The van der Waals surface area contributed by atoms with Crippen molar-refractivity contribution in [2.75, 3.05) is 0 Å². The molecule has 2 rings (SSSR count). The fraction of sp³-hybridized carbons (Fsp3) is 0.677. The van der Waals surface area contributed by atoms with Gasteiger partial charge in [0.15, 0.2) is 0 Å². The van der Waals surface area contributed by atoms with Gasteiger partial charge in [0.05, 0.1) is 0 Å². The third kappa shape index (κ3) is 8.99. The van der Waals surface area contributed by atoms with Crippen LogP contribution in [-0.4, -0.2) is 0 Å². The van der Waals surface area contributed by atoms with Crippen LogP contribution in [0, 0.1) is 11.8 Å². The quantitative estimate of drug-likeness (QED) is 0.117. The highest BCUT2D eigenvalue weighted by Crippen LogP contribution is 2.48. The maximum absolute atomic E-state index is 3.95. The van der Waals surface area contributed by atoms with E-state index in [1.165, 1.54) is 109 Å². The molecule has 0 amide bonds. The summed E-state index contributed by atoms with van der Waals surface area (Å²) in [4.78, 5) is 0. The molecule has 0 aromatic carbocycles. The van der Waals surface area contributed by atoms with Gasteiger partial charge >= 0.3 is 0 Å². The van der Waals surface area contributed by atoms with Crippen LogP contribution in [0.3, 0.4) is 0 Å². The van der Waals surface area contributed by atoms with Crippen molar-refractivity contribution in [1.82, 2.24) is 0 Å². The van der Waals surface area contributed by atoms with E-state index in [2.05, 4.69) is 45.2 Å². The second kappa shape index (κ2) is 15.5. The molecule has 174 valence electrons. The van der Waals surface area contributed by atoms with E-state index in [0.717, 1.165) is 11.8 Å². The smallest absolute Gasteiger partial charge is 0.0154 e. The van der Waals surface area contributed by atoms with E-state index in [4.69, 9.17) is 0 Å². The summed E-state index contributed by atoms with van der Waals surface area (Å²) in [6, 6.07) is 0. The fourth-order valence-electron chi connectivity index (χ4n) is 5.63. The molecule has 0 heterocycles. The molecule has 2 unspecified atom stereocenters. The number of hydrogen-bond acceptors (Lipinski definition) is 0. The summed E-state index contributed by atoms with van der Waals surface area (Å²) in [7, 11) is 0. The van der Waals surface area contributed by atoms with E-state index in [9.17, 15) is 0 Å². The average Bonchev–Trinajstić information content (AvgIpc) is 3.20. The molecular formula is C31H50. The van der Waals surface area contributed by atoms with Crippen LogP contribution in [0.4, 0.5) is 0 Å². The highest BCUT2D eigenvalue weighted by molar-refractivity contribution is 5.52. The largest absolute Gasteiger partial charge is 0.103 e. The van der Waals surface area contributed by atoms with Crippen LogP contribution in [0.15, 0.2) is 59.8 Å². The molecule has 0 saturated heterocycles. The molecule has 0 aromatic rings. The highest BCUT2D eigenvalue weighted by atomic mass is 14.4. The van der Waals surface area contributed by atoms with Crippen LogP contribution in [0.2, 0.25) is 0 Å². The van der Waals surface area contributed by atoms with Gasteiger partial charge in [-0.05, 0) is 80.8 Å². The van der Waals surface area contributed by atoms with Crippen LogP contribution < -0.4 is 0 Å². The molecule has 31 heavy (non-hydrogen) atoms. The van der Waals surface area contributed by atoms with Gasteiger partial charge < -0.3 is 0 Å². The lowest BCUT2D eigenvalue weighted by Crippen LogP contribution is -2.11. The average molecular weight is 423 g/mol. The highest BCUT2D eigenvalue weighted by Gasteiger charge is 2.32. The topological polar surface area (TPSA) is 0 Å². The van der Waals surface area contributed by atoms with Gasteiger partial charge in [0.1, 0.15) is 0 Å². The van der Waals surface area contributed by atoms with Crippen molar-refractivity contribution in [3.05, 3.63) is 59.8 Å². The zero-order chi connectivity index (χ0) is 22.3. The maximum atomic E-state index is 3.95. The molecule has 2 atom stereocenters. The lowest BCUT2D eigenvalue weighted by molar-refractivity contribution is 0.448. The second-order valence-electron chi connectivity index (χ2n) is 10.1. The van der Waals surface area contributed by atoms with Crippen LogP contribution in [-0.2, 0) is 0 Å². The first kappa shape index (κ1) is 26.0. The Morgan fingerprint density at radius 3 is 2.48 bits per heavy atom. The molecule has 1 saturated carbocycles. The number of allylic oxidation sites excluding steroid dienone is 8. The number of rotatable bonds is 18. The van der Waals surface area contributed by atoms with Crippen molar-refractivity contribution in [2.24, 2.45) is 11.8 Å². The summed E-state index contributed by atoms with van der Waals surface area (Å²) >= 11 is 0. The second-order valence-corrected chi connectivity index (χ2v) is 10.1. The van der Waals surface area contributed by atoms with Crippen LogP contribution >= 0.6 is 0 Å². The van der Waals surface area contributed by atoms with Gasteiger partial charge in [-0.25, -0.2) is 0 Å². The Balaban J connectivity index is 1.96. The van der Waals surface area contributed by atoms with E-state index in [-0.39, 0.29) is 0 Å². The van der Waals surface area contributed by atoms with Crippen molar-refractivity contribution in [2.45, 2.75) is 123 Å². The van der Waals surface area contributed by atoms with Gasteiger partial charge in [-0.15, -0.1) is 6.58 Å². The first-order valence-electron chi connectivity index (χ1n) is 13.6. The van der Waals surface area contributed by atoms with Gasteiger partial charge in [0.2, 0.25) is 0 Å². The zero-order valence-corrected chi connectivity index (χ0v) is 20.9. The van der Waals surface area contributed by atoms with Gasteiger partial charge in [0.25, 0.3) is 0 Å². The minimum absolute atomic E-state index is 0.826. The fourth-order valence-corrected chi connectivity index (χ4v) is 5.63. The molecule has 0 radical (unpaired) electrons. The van der Waals surface area contributed by atoms with Gasteiger partial charge in [0, 0.05) is 0 Å². The van der Waals surface area contributed by atoms with E-state index in [1.54, 1.807) is 22.3 Å². The third-order valence-electron chi connectivity index (χ3n) is 7.57. The molecule has 0 nitrogen and oxygen atoms in total. The minimum atomic E-state index is 0.826. The molecule has 2 aliphatic carbocycles. The Labute approximate surface area is 194 Å². The Hall–Kier alpha value is -1.30. The van der Waals surface area contributed by atoms with Crippen molar-refractivity contribution in [3.63, 3.8) is 0 Å². The Morgan fingerprint density at radius 2 is 1.71 bits per heavy atom. The summed E-state index contributed by atoms with van der Waals surface area (Å²) in [6.45, 7) is 12.6. The first-order valence-corrected chi connectivity index (χ1v) is 13.6. The predicted octanol–water partition coefficient (Wildman–Crippen LogP) is 10.4. The van der Waals surface area contributed by atoms with Crippen LogP contribution in [0.1, 0.15) is 123 Å². The summed E-state index contributed by atoms with van der Waals surface area (Å²) in [5.41, 5.74) is 6.94. The van der Waals surface area contributed by atoms with Crippen molar-refractivity contribution in [1.29, 1.82) is 0 Å². The molecule has 2 bridgehead atoms. The number of fused-ring (bicyclic) bond motifs is 2. The minimum Gasteiger partial charge on any atom is -0.103 e. The summed E-state index contributed by atoms with van der Waals surface area (Å²) in [5.74, 6) is 1.67. The molecule has 0 spiro atoms. The zero-order valence-electron chi connectivity index (χ0n) is 20.9. The molecule has 0 aliphatic heterocycles. The monoisotopic (exact) mass is 422 g/mol. The molecular weight excluding hydrogens is 372 g/mol. The Kier molecular flexibility index (Phi) is 13.0. The molecule has 1 fully saturated rings. The normalized spacial score (nSPS) is 19.5. The van der Waals surface area contributed by atoms with Gasteiger partial charge in [-0.1, -0.05) is 107 Å². The van der Waals surface area contributed by atoms with E-state index >= 15 is 0 Å². The SMILES string of the molecule is C=C/C=C\C1=C(CCC(C)CCCCCC=C)C2CCC(=C1CCCCCCCC)C2. The molecule has 0 N–H and O–H groups in total. The molecule has 0 heteroatoms. The van der Waals surface area contributed by atoms with E-state index < -0.39 is 0 Å². The molecule has 2 aliphatic rings. The van der Waals surface area contributed by atoms with E-state index in [1.807, 2.05) is 6.08 Å². The lowest BCUT2D eigenvalue weighted by atomic mass is 9.78. The standard InChI is InChI=1S/C31H50/c1-5-8-11-13-15-17-20-29-27-22-23-28(25-27)30(31(29)19-10-7-3)24-21-26(4)18-16-14-12-9-6-2/h6-7,10,19,26,28H,2-3,5,8-9,11-18,20-25H2,1,4H3/b19-10-. The maximum Gasteiger partial charge on any atom is -0.0154 e. The van der Waals surface area contributed by atoms with Gasteiger partial charge in [-0.2, -0.15) is 0 Å². The third-order valence-corrected chi connectivity index (χ3v) is 7.57. The van der Waals surface area contributed by atoms with Crippen molar-refractivity contribution < 1.29 is 0 Å². The van der Waals surface area contributed by atoms with Crippen LogP contribution in [0.25, 0.3) is 0 Å². The Bertz CT molecular complexity index is 626. The van der Waals surface area contributed by atoms with E-state index in [0.29, 0.717) is 0 Å². The summed E-state index contributed by atoms with van der Waals surface area (Å²) in [6.07, 6.45) is 31.7. The van der Waals surface area contributed by atoms with Crippen molar-refractivity contribution in [3.8, 4) is 0 Å². The summed E-state index contributed by atoms with van der Waals surface area (Å²) < 4.78 is 0. The summed E-state index contributed by atoms with van der Waals surface area (Å²) in [5, 5.41) is 0.